The molecular formula is C33H24O2. The summed E-state index contributed by atoms with van der Waals surface area (Å²) in [6, 6.07) is 47.0. The van der Waals surface area contributed by atoms with E-state index in [1.54, 1.807) is 12.1 Å². The van der Waals surface area contributed by atoms with Crippen molar-refractivity contribution in [3.8, 4) is 11.1 Å². The lowest BCUT2D eigenvalue weighted by molar-refractivity contribution is 0.0697. The zero-order valence-electron chi connectivity index (χ0n) is 19.1. The lowest BCUT2D eigenvalue weighted by Crippen LogP contribution is -1.97. The van der Waals surface area contributed by atoms with Crippen molar-refractivity contribution in [3.05, 3.63) is 167 Å². The van der Waals surface area contributed by atoms with E-state index in [2.05, 4.69) is 97.1 Å². The van der Waals surface area contributed by atoms with Gasteiger partial charge in [-0.3, -0.25) is 0 Å². The van der Waals surface area contributed by atoms with Crippen molar-refractivity contribution >= 4 is 17.1 Å². The topological polar surface area (TPSA) is 37.3 Å². The third-order valence-corrected chi connectivity index (χ3v) is 6.08. The first kappa shape index (κ1) is 22.1. The predicted molar refractivity (Wildman–Crippen MR) is 143 cm³/mol. The maximum Gasteiger partial charge on any atom is 0.335 e. The highest BCUT2D eigenvalue weighted by atomic mass is 16.4. The Kier molecular flexibility index (Phi) is 6.36. The lowest BCUT2D eigenvalue weighted by atomic mass is 9.85. The molecule has 0 atom stereocenters. The Morgan fingerprint density at radius 1 is 0.371 bits per heavy atom. The van der Waals surface area contributed by atoms with Crippen LogP contribution in [0.15, 0.2) is 140 Å². The maximum absolute atomic E-state index is 11.2. The van der Waals surface area contributed by atoms with Gasteiger partial charge in [0.1, 0.15) is 0 Å². The molecule has 0 aliphatic heterocycles. The molecule has 5 aromatic carbocycles. The van der Waals surface area contributed by atoms with Crippen LogP contribution in [0.5, 0.6) is 0 Å². The number of hydrogen-bond donors (Lipinski definition) is 1. The molecule has 2 nitrogen and oxygen atoms in total. The van der Waals surface area contributed by atoms with E-state index >= 15 is 0 Å². The van der Waals surface area contributed by atoms with Crippen LogP contribution in [0.2, 0.25) is 0 Å². The average molecular weight is 453 g/mol. The van der Waals surface area contributed by atoms with Crippen LogP contribution < -0.4 is 0 Å². The fraction of sp³-hybridized carbons (Fsp3) is 0. The monoisotopic (exact) mass is 452 g/mol. The normalized spacial score (nSPS) is 10.5. The van der Waals surface area contributed by atoms with Gasteiger partial charge in [-0.2, -0.15) is 0 Å². The summed E-state index contributed by atoms with van der Waals surface area (Å²) in [7, 11) is 0. The number of carboxylic acid groups (broad SMARTS) is 1. The van der Waals surface area contributed by atoms with Crippen LogP contribution in [0.25, 0.3) is 22.3 Å². The van der Waals surface area contributed by atoms with Crippen LogP contribution in [-0.2, 0) is 0 Å². The smallest absolute Gasteiger partial charge is 0.335 e. The second kappa shape index (κ2) is 10.1. The van der Waals surface area contributed by atoms with E-state index in [0.29, 0.717) is 0 Å². The largest absolute Gasteiger partial charge is 0.478 e. The molecule has 0 aliphatic carbocycles. The van der Waals surface area contributed by atoms with Crippen LogP contribution in [0.4, 0.5) is 0 Å². The first-order chi connectivity index (χ1) is 17.2. The van der Waals surface area contributed by atoms with Crippen molar-refractivity contribution in [2.75, 3.05) is 0 Å². The zero-order chi connectivity index (χ0) is 24.0. The van der Waals surface area contributed by atoms with E-state index in [9.17, 15) is 9.90 Å². The Hall–Kier alpha value is -4.69. The van der Waals surface area contributed by atoms with Gasteiger partial charge in [0, 0.05) is 0 Å². The second-order valence-corrected chi connectivity index (χ2v) is 8.31. The van der Waals surface area contributed by atoms with E-state index < -0.39 is 5.97 Å². The summed E-state index contributed by atoms with van der Waals surface area (Å²) in [4.78, 5) is 11.2. The van der Waals surface area contributed by atoms with Crippen molar-refractivity contribution in [3.63, 3.8) is 0 Å². The van der Waals surface area contributed by atoms with E-state index in [4.69, 9.17) is 0 Å². The molecule has 0 saturated carbocycles. The van der Waals surface area contributed by atoms with Crippen LogP contribution in [0, 0.1) is 0 Å². The molecule has 0 fully saturated rings. The number of carbonyl (C=O) groups is 1. The van der Waals surface area contributed by atoms with E-state index in [-0.39, 0.29) is 5.56 Å². The highest BCUT2D eigenvalue weighted by Gasteiger charge is 2.16. The summed E-state index contributed by atoms with van der Waals surface area (Å²) in [5.41, 5.74) is 9.23. The molecule has 0 saturated heterocycles. The zero-order valence-corrected chi connectivity index (χ0v) is 19.1. The first-order valence-electron chi connectivity index (χ1n) is 11.6. The number of benzene rings is 5. The minimum absolute atomic E-state index is 0.287. The van der Waals surface area contributed by atoms with Gasteiger partial charge in [-0.1, -0.05) is 127 Å². The van der Waals surface area contributed by atoms with Gasteiger partial charge in [0.05, 0.1) is 5.56 Å². The van der Waals surface area contributed by atoms with E-state index in [1.165, 1.54) is 5.57 Å². The van der Waals surface area contributed by atoms with Crippen LogP contribution in [0.3, 0.4) is 0 Å². The maximum atomic E-state index is 11.2. The molecule has 0 unspecified atom stereocenters. The van der Waals surface area contributed by atoms with Crippen LogP contribution in [-0.4, -0.2) is 11.1 Å². The Morgan fingerprint density at radius 2 is 0.657 bits per heavy atom. The van der Waals surface area contributed by atoms with Gasteiger partial charge >= 0.3 is 5.97 Å². The van der Waals surface area contributed by atoms with Crippen molar-refractivity contribution in [2.45, 2.75) is 0 Å². The number of carboxylic acids is 1. The quantitative estimate of drug-likeness (QED) is 0.265. The van der Waals surface area contributed by atoms with Crippen LogP contribution in [0.1, 0.15) is 32.6 Å². The Morgan fingerprint density at radius 3 is 0.971 bits per heavy atom. The van der Waals surface area contributed by atoms with Crippen molar-refractivity contribution in [1.29, 1.82) is 0 Å². The third kappa shape index (κ3) is 4.83. The molecule has 5 rings (SSSR count). The van der Waals surface area contributed by atoms with Gasteiger partial charge in [-0.05, 0) is 56.7 Å². The molecule has 5 aromatic rings. The molecule has 0 heterocycles. The third-order valence-electron chi connectivity index (χ3n) is 6.08. The van der Waals surface area contributed by atoms with Crippen LogP contribution >= 0.6 is 0 Å². The SMILES string of the molecule is O=C(O)c1ccc(-c2ccc(C(=C(c3ccccc3)c3ccccc3)c3ccccc3)cc2)cc1. The molecule has 168 valence electrons. The number of aromatic carboxylic acids is 1. The molecule has 0 aliphatic rings. The molecule has 35 heavy (non-hydrogen) atoms. The lowest BCUT2D eigenvalue weighted by Gasteiger charge is -2.18. The molecular weight excluding hydrogens is 428 g/mol. The standard InChI is InChI=1S/C33H24O2/c34-33(35)30-22-18-25(19-23-30)24-16-20-29(21-17-24)32(28-14-8-3-9-15-28)31(26-10-4-1-5-11-26)27-12-6-2-7-13-27/h1-23H,(H,34,35). The minimum atomic E-state index is -0.918. The van der Waals surface area contributed by atoms with Crippen molar-refractivity contribution in [2.24, 2.45) is 0 Å². The van der Waals surface area contributed by atoms with Gasteiger partial charge in [0.2, 0.25) is 0 Å². The number of hydrogen-bond acceptors (Lipinski definition) is 1. The van der Waals surface area contributed by atoms with Gasteiger partial charge in [-0.15, -0.1) is 0 Å². The highest BCUT2D eigenvalue weighted by molar-refractivity contribution is 6.04. The fourth-order valence-electron chi connectivity index (χ4n) is 4.36. The molecule has 0 amide bonds. The Bertz CT molecular complexity index is 1410. The van der Waals surface area contributed by atoms with Gasteiger partial charge in [0.15, 0.2) is 0 Å². The minimum Gasteiger partial charge on any atom is -0.478 e. The molecule has 0 aromatic heterocycles. The fourth-order valence-corrected chi connectivity index (χ4v) is 4.36. The highest BCUT2D eigenvalue weighted by Crippen LogP contribution is 2.37. The number of rotatable bonds is 6. The first-order valence-corrected chi connectivity index (χ1v) is 11.6. The van der Waals surface area contributed by atoms with E-state index in [1.807, 2.05) is 30.3 Å². The van der Waals surface area contributed by atoms with E-state index in [0.717, 1.165) is 39.0 Å². The second-order valence-electron chi connectivity index (χ2n) is 8.31. The summed E-state index contributed by atoms with van der Waals surface area (Å²) in [6.45, 7) is 0. The molecule has 2 heteroatoms. The Balaban J connectivity index is 1.69. The summed E-state index contributed by atoms with van der Waals surface area (Å²) in [5, 5.41) is 9.19. The average Bonchev–Trinajstić information content (AvgIpc) is 2.93. The van der Waals surface area contributed by atoms with Gasteiger partial charge in [-0.25, -0.2) is 4.79 Å². The van der Waals surface area contributed by atoms with Gasteiger partial charge in [0.25, 0.3) is 0 Å². The van der Waals surface area contributed by atoms with Crippen molar-refractivity contribution < 1.29 is 9.90 Å². The van der Waals surface area contributed by atoms with Crippen molar-refractivity contribution in [1.82, 2.24) is 0 Å². The molecule has 0 bridgehead atoms. The van der Waals surface area contributed by atoms with Gasteiger partial charge < -0.3 is 5.11 Å². The molecule has 1 N–H and O–H groups in total. The predicted octanol–water partition coefficient (Wildman–Crippen LogP) is 8.06. The molecule has 0 radical (unpaired) electrons. The summed E-state index contributed by atoms with van der Waals surface area (Å²) < 4.78 is 0. The molecule has 0 spiro atoms. The summed E-state index contributed by atoms with van der Waals surface area (Å²) >= 11 is 0. The summed E-state index contributed by atoms with van der Waals surface area (Å²) in [5.74, 6) is -0.918. The Labute approximate surface area is 205 Å². The summed E-state index contributed by atoms with van der Waals surface area (Å²) in [6.07, 6.45) is 0.